The normalized spacial score (nSPS) is 10.8. The number of carbonyl (C=O) groups is 1. The van der Waals surface area contributed by atoms with Crippen LogP contribution < -0.4 is 10.2 Å². The van der Waals surface area contributed by atoms with Crippen molar-refractivity contribution in [2.45, 2.75) is 18.2 Å². The molecule has 0 unspecified atom stereocenters. The number of carbonyl (C=O) groups excluding carboxylic acids is 1. The summed E-state index contributed by atoms with van der Waals surface area (Å²) in [5.74, 6) is 0.331. The van der Waals surface area contributed by atoms with Crippen LogP contribution in [0.2, 0.25) is 0 Å². The molecule has 0 bridgehead atoms. The highest BCUT2D eigenvalue weighted by Crippen LogP contribution is 2.26. The first-order chi connectivity index (χ1) is 11.6. The maximum Gasteiger partial charge on any atom is 0.277 e. The Morgan fingerprint density at radius 2 is 2.04 bits per heavy atom. The van der Waals surface area contributed by atoms with Crippen LogP contribution in [0.1, 0.15) is 18.1 Å². The number of halogens is 1. The van der Waals surface area contributed by atoms with Crippen LogP contribution in [0.3, 0.4) is 0 Å². The second kappa shape index (κ2) is 9.49. The van der Waals surface area contributed by atoms with Gasteiger partial charge in [-0.15, -0.1) is 11.8 Å². The summed E-state index contributed by atoms with van der Waals surface area (Å²) < 4.78 is 6.34. The summed E-state index contributed by atoms with van der Waals surface area (Å²) in [6.45, 7) is 2.00. The average Bonchev–Trinajstić information content (AvgIpc) is 2.61. The molecule has 2 aromatic rings. The molecule has 0 atom stereocenters. The Morgan fingerprint density at radius 1 is 1.29 bits per heavy atom. The predicted molar refractivity (Wildman–Crippen MR) is 103 cm³/mol. The third kappa shape index (κ3) is 5.69. The molecule has 24 heavy (non-hydrogen) atoms. The van der Waals surface area contributed by atoms with Gasteiger partial charge in [-0.3, -0.25) is 4.79 Å². The molecule has 1 N–H and O–H groups in total. The molecule has 0 aliphatic rings. The van der Waals surface area contributed by atoms with Crippen LogP contribution in [0.4, 0.5) is 0 Å². The van der Waals surface area contributed by atoms with Gasteiger partial charge in [-0.2, -0.15) is 5.10 Å². The summed E-state index contributed by atoms with van der Waals surface area (Å²) >= 11 is 5.12. The first-order valence-electron chi connectivity index (χ1n) is 7.49. The minimum absolute atomic E-state index is 0.0905. The van der Waals surface area contributed by atoms with Gasteiger partial charge in [0.05, 0.1) is 10.7 Å². The van der Waals surface area contributed by atoms with Crippen molar-refractivity contribution in [2.24, 2.45) is 5.10 Å². The molecule has 0 aliphatic carbocycles. The summed E-state index contributed by atoms with van der Waals surface area (Å²) in [6.07, 6.45) is 4.58. The van der Waals surface area contributed by atoms with E-state index in [4.69, 9.17) is 4.74 Å². The number of hydrogen-bond acceptors (Lipinski definition) is 4. The zero-order chi connectivity index (χ0) is 17.4. The lowest BCUT2D eigenvalue weighted by molar-refractivity contribution is -0.123. The first kappa shape index (κ1) is 18.5. The second-order valence-corrected chi connectivity index (χ2v) is 6.71. The zero-order valence-corrected chi connectivity index (χ0v) is 16.0. The summed E-state index contributed by atoms with van der Waals surface area (Å²) in [6, 6.07) is 13.7. The van der Waals surface area contributed by atoms with Crippen molar-refractivity contribution in [1.82, 2.24) is 5.43 Å². The van der Waals surface area contributed by atoms with Crippen molar-refractivity contribution in [3.8, 4) is 5.75 Å². The molecule has 1 amide bonds. The highest BCUT2D eigenvalue weighted by molar-refractivity contribution is 9.10. The maximum absolute atomic E-state index is 11.8. The van der Waals surface area contributed by atoms with Crippen molar-refractivity contribution in [2.75, 3.05) is 12.9 Å². The molecule has 0 spiro atoms. The molecule has 6 heteroatoms. The van der Waals surface area contributed by atoms with Gasteiger partial charge in [0.15, 0.2) is 6.61 Å². The van der Waals surface area contributed by atoms with Crippen LogP contribution in [0, 0.1) is 0 Å². The fourth-order valence-electron chi connectivity index (χ4n) is 1.93. The molecule has 0 heterocycles. The second-order valence-electron chi connectivity index (χ2n) is 4.97. The van der Waals surface area contributed by atoms with E-state index < -0.39 is 0 Å². The lowest BCUT2D eigenvalue weighted by Gasteiger charge is -2.08. The highest BCUT2D eigenvalue weighted by Gasteiger charge is 2.05. The van der Waals surface area contributed by atoms with Gasteiger partial charge in [-0.1, -0.05) is 25.1 Å². The number of amides is 1. The lowest BCUT2D eigenvalue weighted by Crippen LogP contribution is -2.24. The predicted octanol–water partition coefficient (Wildman–Crippen LogP) is 4.26. The number of hydrogen-bond donors (Lipinski definition) is 1. The number of aryl methyl sites for hydroxylation is 1. The Hall–Kier alpha value is -1.79. The van der Waals surface area contributed by atoms with E-state index in [1.54, 1.807) is 18.0 Å². The number of thioether (sulfide) groups is 1. The molecular formula is C18H19BrN2O2S. The molecule has 0 saturated heterocycles. The largest absolute Gasteiger partial charge is 0.483 e. The Labute approximate surface area is 154 Å². The number of nitrogens with one attached hydrogen (secondary N) is 1. The molecule has 0 aliphatic heterocycles. The Kier molecular flexibility index (Phi) is 7.34. The Balaban J connectivity index is 1.81. The van der Waals surface area contributed by atoms with Crippen LogP contribution in [0.25, 0.3) is 0 Å². The Morgan fingerprint density at radius 3 is 2.67 bits per heavy atom. The Bertz CT molecular complexity index is 717. The van der Waals surface area contributed by atoms with E-state index in [2.05, 4.69) is 33.4 Å². The average molecular weight is 407 g/mol. The fourth-order valence-corrected chi connectivity index (χ4v) is 2.87. The van der Waals surface area contributed by atoms with Crippen molar-refractivity contribution in [1.29, 1.82) is 0 Å². The van der Waals surface area contributed by atoms with E-state index in [1.807, 2.05) is 48.7 Å². The van der Waals surface area contributed by atoms with Crippen molar-refractivity contribution in [3.05, 3.63) is 58.1 Å². The van der Waals surface area contributed by atoms with Crippen LogP contribution in [0.15, 0.2) is 56.9 Å². The van der Waals surface area contributed by atoms with E-state index >= 15 is 0 Å². The van der Waals surface area contributed by atoms with Gasteiger partial charge in [0, 0.05) is 4.90 Å². The van der Waals surface area contributed by atoms with Crippen molar-refractivity contribution < 1.29 is 9.53 Å². The van der Waals surface area contributed by atoms with Gasteiger partial charge in [0.1, 0.15) is 5.75 Å². The van der Waals surface area contributed by atoms with Crippen LogP contribution in [-0.2, 0) is 11.2 Å². The molecule has 2 rings (SSSR count). The molecule has 0 fully saturated rings. The quantitative estimate of drug-likeness (QED) is 0.424. The van der Waals surface area contributed by atoms with Gasteiger partial charge in [-0.05, 0) is 64.0 Å². The minimum atomic E-state index is -0.307. The molecule has 0 radical (unpaired) electrons. The fraction of sp³-hybridized carbons (Fsp3) is 0.222. The van der Waals surface area contributed by atoms with Gasteiger partial charge in [-0.25, -0.2) is 5.43 Å². The molecule has 0 aromatic heterocycles. The topological polar surface area (TPSA) is 50.7 Å². The minimum Gasteiger partial charge on any atom is -0.483 e. The number of benzene rings is 2. The van der Waals surface area contributed by atoms with Crippen molar-refractivity contribution >= 4 is 39.8 Å². The monoisotopic (exact) mass is 406 g/mol. The van der Waals surface area contributed by atoms with Gasteiger partial charge in [0.25, 0.3) is 5.91 Å². The van der Waals surface area contributed by atoms with Gasteiger partial charge < -0.3 is 4.74 Å². The number of ether oxygens (including phenoxy) is 1. The molecule has 126 valence electrons. The summed E-state index contributed by atoms with van der Waals surface area (Å²) in [5.41, 5.74) is 4.58. The molecular weight excluding hydrogens is 388 g/mol. The maximum atomic E-state index is 11.8. The standard InChI is InChI=1S/C18H19BrN2O2S/c1-3-13-6-9-17(16(19)10-13)23-12-18(22)21-20-11-14-4-7-15(24-2)8-5-14/h4-11H,3,12H2,1-2H3,(H,21,22). The van der Waals surface area contributed by atoms with Crippen LogP contribution in [0.5, 0.6) is 5.75 Å². The zero-order valence-electron chi connectivity index (χ0n) is 13.6. The first-order valence-corrected chi connectivity index (χ1v) is 9.51. The van der Waals surface area contributed by atoms with Gasteiger partial charge in [0.2, 0.25) is 0 Å². The summed E-state index contributed by atoms with van der Waals surface area (Å²) in [7, 11) is 0. The van der Waals surface area contributed by atoms with Crippen molar-refractivity contribution in [3.63, 3.8) is 0 Å². The highest BCUT2D eigenvalue weighted by atomic mass is 79.9. The summed E-state index contributed by atoms with van der Waals surface area (Å²) in [4.78, 5) is 13.0. The van der Waals surface area contributed by atoms with E-state index in [0.717, 1.165) is 16.5 Å². The van der Waals surface area contributed by atoms with Crippen LogP contribution >= 0.6 is 27.7 Å². The number of nitrogens with zero attached hydrogens (tertiary/aromatic N) is 1. The molecule has 0 saturated carbocycles. The van der Waals surface area contributed by atoms with E-state index in [9.17, 15) is 4.79 Å². The van der Waals surface area contributed by atoms with Crippen LogP contribution in [-0.4, -0.2) is 25.0 Å². The lowest BCUT2D eigenvalue weighted by atomic mass is 10.2. The third-order valence-electron chi connectivity index (χ3n) is 3.28. The smallest absolute Gasteiger partial charge is 0.277 e. The molecule has 2 aromatic carbocycles. The summed E-state index contributed by atoms with van der Waals surface area (Å²) in [5, 5.41) is 3.94. The number of hydrazone groups is 1. The van der Waals surface area contributed by atoms with E-state index in [1.165, 1.54) is 10.5 Å². The number of rotatable bonds is 7. The van der Waals surface area contributed by atoms with E-state index in [-0.39, 0.29) is 12.5 Å². The van der Waals surface area contributed by atoms with Gasteiger partial charge >= 0.3 is 0 Å². The van der Waals surface area contributed by atoms with E-state index in [0.29, 0.717) is 5.75 Å². The molecule has 4 nitrogen and oxygen atoms in total. The third-order valence-corrected chi connectivity index (χ3v) is 4.65. The SMILES string of the molecule is CCc1ccc(OCC(=O)NN=Cc2ccc(SC)cc2)c(Br)c1.